The summed E-state index contributed by atoms with van der Waals surface area (Å²) in [6, 6.07) is 0.143. The number of hydrogen-bond donors (Lipinski definition) is 0. The molecule has 0 saturated heterocycles. The van der Waals surface area contributed by atoms with Gasteiger partial charge in [0, 0.05) is 6.54 Å². The molecule has 1 aromatic rings. The number of carbonyl (C=O) groups is 1. The maximum absolute atomic E-state index is 11.9. The number of carbonyl (C=O) groups excluding carboxylic acids is 1. The molecular formula is C13H24N4O2. The van der Waals surface area contributed by atoms with Gasteiger partial charge in [-0.15, -0.1) is 10.2 Å². The van der Waals surface area contributed by atoms with Crippen LogP contribution in [0.1, 0.15) is 43.3 Å². The maximum Gasteiger partial charge on any atom is 0.376 e. The Morgan fingerprint density at radius 3 is 2.47 bits per heavy atom. The number of aryl methyl sites for hydroxylation is 1. The van der Waals surface area contributed by atoms with E-state index in [-0.39, 0.29) is 6.04 Å². The van der Waals surface area contributed by atoms with Crippen LogP contribution in [0.3, 0.4) is 0 Å². The van der Waals surface area contributed by atoms with Crippen LogP contribution in [0.25, 0.3) is 0 Å². The Morgan fingerprint density at radius 1 is 1.37 bits per heavy atom. The minimum atomic E-state index is -0.410. The van der Waals surface area contributed by atoms with E-state index in [2.05, 4.69) is 28.9 Å². The van der Waals surface area contributed by atoms with Gasteiger partial charge in [-0.2, -0.15) is 0 Å². The van der Waals surface area contributed by atoms with Crippen LogP contribution in [0.4, 0.5) is 0 Å². The third-order valence-electron chi connectivity index (χ3n) is 2.98. The Kier molecular flexibility index (Phi) is 5.47. The van der Waals surface area contributed by atoms with Crippen LogP contribution in [0.2, 0.25) is 0 Å². The van der Waals surface area contributed by atoms with Gasteiger partial charge in [0.15, 0.2) is 0 Å². The third kappa shape index (κ3) is 3.76. The molecule has 0 aliphatic rings. The number of nitrogens with zero attached hydrogens (tertiary/aromatic N) is 4. The van der Waals surface area contributed by atoms with Crippen molar-refractivity contribution in [2.75, 3.05) is 27.2 Å². The standard InChI is InChI=1S/C13H24N4O2/c1-7-19-13(18)12-15-14-10(4)17(12)11(9(2)3)8-16(5)6/h9,11H,7-8H2,1-6H3. The van der Waals surface area contributed by atoms with E-state index in [0.717, 1.165) is 12.4 Å². The van der Waals surface area contributed by atoms with Crippen molar-refractivity contribution in [2.24, 2.45) is 5.92 Å². The number of esters is 1. The molecule has 0 saturated carbocycles. The molecule has 0 radical (unpaired) electrons. The highest BCUT2D eigenvalue weighted by Gasteiger charge is 2.26. The Bertz CT molecular complexity index is 426. The molecule has 0 spiro atoms. The predicted octanol–water partition coefficient (Wildman–Crippen LogP) is 1.52. The molecule has 1 heterocycles. The molecule has 1 aromatic heterocycles. The van der Waals surface area contributed by atoms with Crippen molar-refractivity contribution in [3.63, 3.8) is 0 Å². The van der Waals surface area contributed by atoms with Crippen molar-refractivity contribution < 1.29 is 9.53 Å². The summed E-state index contributed by atoms with van der Waals surface area (Å²) in [4.78, 5) is 14.0. The van der Waals surface area contributed by atoms with E-state index < -0.39 is 5.97 Å². The molecule has 0 aromatic carbocycles. The van der Waals surface area contributed by atoms with Gasteiger partial charge in [0.05, 0.1) is 12.6 Å². The lowest BCUT2D eigenvalue weighted by molar-refractivity contribution is 0.0499. The number of likely N-dealkylation sites (N-methyl/N-ethyl adjacent to an activating group) is 1. The molecule has 1 unspecified atom stereocenters. The number of rotatable bonds is 6. The Labute approximate surface area is 114 Å². The van der Waals surface area contributed by atoms with E-state index in [1.54, 1.807) is 6.92 Å². The molecule has 0 fully saturated rings. The molecule has 0 bridgehead atoms. The van der Waals surface area contributed by atoms with Crippen molar-refractivity contribution in [1.29, 1.82) is 0 Å². The molecule has 0 aliphatic heterocycles. The van der Waals surface area contributed by atoms with Gasteiger partial charge in [0.2, 0.25) is 5.82 Å². The van der Waals surface area contributed by atoms with Crippen LogP contribution in [0, 0.1) is 12.8 Å². The van der Waals surface area contributed by atoms with E-state index in [4.69, 9.17) is 4.74 Å². The summed E-state index contributed by atoms with van der Waals surface area (Å²) in [5.74, 6) is 0.987. The van der Waals surface area contributed by atoms with Crippen LogP contribution in [-0.2, 0) is 4.74 Å². The van der Waals surface area contributed by atoms with Gasteiger partial charge in [-0.05, 0) is 33.9 Å². The van der Waals surface area contributed by atoms with Crippen molar-refractivity contribution in [3.05, 3.63) is 11.6 Å². The Balaban J connectivity index is 3.14. The molecule has 0 aliphatic carbocycles. The van der Waals surface area contributed by atoms with E-state index in [0.29, 0.717) is 18.3 Å². The monoisotopic (exact) mass is 268 g/mol. The first-order chi connectivity index (χ1) is 8.88. The molecule has 0 amide bonds. The van der Waals surface area contributed by atoms with Crippen LogP contribution >= 0.6 is 0 Å². The molecule has 6 heteroatoms. The Morgan fingerprint density at radius 2 is 2.00 bits per heavy atom. The normalized spacial score (nSPS) is 13.1. The molecule has 0 N–H and O–H groups in total. The first-order valence-corrected chi connectivity index (χ1v) is 6.61. The summed E-state index contributed by atoms with van der Waals surface area (Å²) in [6.07, 6.45) is 0. The van der Waals surface area contributed by atoms with Gasteiger partial charge < -0.3 is 14.2 Å². The molecular weight excluding hydrogens is 244 g/mol. The second-order valence-corrected chi connectivity index (χ2v) is 5.23. The largest absolute Gasteiger partial charge is 0.460 e. The van der Waals surface area contributed by atoms with Gasteiger partial charge in [-0.3, -0.25) is 0 Å². The van der Waals surface area contributed by atoms with E-state index in [9.17, 15) is 4.79 Å². The van der Waals surface area contributed by atoms with Crippen LogP contribution in [-0.4, -0.2) is 52.9 Å². The zero-order valence-electron chi connectivity index (χ0n) is 12.7. The zero-order valence-corrected chi connectivity index (χ0v) is 12.7. The minimum Gasteiger partial charge on any atom is -0.460 e. The summed E-state index contributed by atoms with van der Waals surface area (Å²) in [7, 11) is 4.03. The van der Waals surface area contributed by atoms with Gasteiger partial charge in [-0.25, -0.2) is 4.79 Å². The van der Waals surface area contributed by atoms with E-state index in [1.807, 2.05) is 25.6 Å². The highest BCUT2D eigenvalue weighted by molar-refractivity contribution is 5.85. The fraction of sp³-hybridized carbons (Fsp3) is 0.769. The van der Waals surface area contributed by atoms with Gasteiger partial charge >= 0.3 is 5.97 Å². The molecule has 6 nitrogen and oxygen atoms in total. The highest BCUT2D eigenvalue weighted by atomic mass is 16.5. The van der Waals surface area contributed by atoms with Crippen LogP contribution < -0.4 is 0 Å². The fourth-order valence-corrected chi connectivity index (χ4v) is 2.07. The third-order valence-corrected chi connectivity index (χ3v) is 2.98. The van der Waals surface area contributed by atoms with Crippen molar-refractivity contribution in [1.82, 2.24) is 19.7 Å². The average molecular weight is 268 g/mol. The van der Waals surface area contributed by atoms with Crippen molar-refractivity contribution in [3.8, 4) is 0 Å². The first kappa shape index (κ1) is 15.6. The number of ether oxygens (including phenoxy) is 1. The highest BCUT2D eigenvalue weighted by Crippen LogP contribution is 2.22. The SMILES string of the molecule is CCOC(=O)c1nnc(C)n1C(CN(C)C)C(C)C. The zero-order chi connectivity index (χ0) is 14.6. The second-order valence-electron chi connectivity index (χ2n) is 5.23. The van der Waals surface area contributed by atoms with E-state index in [1.165, 1.54) is 0 Å². The molecule has 19 heavy (non-hydrogen) atoms. The number of hydrogen-bond acceptors (Lipinski definition) is 5. The van der Waals surface area contributed by atoms with Crippen LogP contribution in [0.15, 0.2) is 0 Å². The maximum atomic E-state index is 11.9. The van der Waals surface area contributed by atoms with Gasteiger partial charge in [0.1, 0.15) is 5.82 Å². The van der Waals surface area contributed by atoms with E-state index >= 15 is 0 Å². The Hall–Kier alpha value is -1.43. The number of aromatic nitrogens is 3. The van der Waals surface area contributed by atoms with Crippen molar-refractivity contribution in [2.45, 2.75) is 33.7 Å². The summed E-state index contributed by atoms with van der Waals surface area (Å²) >= 11 is 0. The van der Waals surface area contributed by atoms with Crippen LogP contribution in [0.5, 0.6) is 0 Å². The average Bonchev–Trinajstić information content (AvgIpc) is 2.67. The van der Waals surface area contributed by atoms with Gasteiger partial charge in [-0.1, -0.05) is 13.8 Å². The smallest absolute Gasteiger partial charge is 0.376 e. The topological polar surface area (TPSA) is 60.2 Å². The molecule has 1 atom stereocenters. The summed E-state index contributed by atoms with van der Waals surface area (Å²) in [5.41, 5.74) is 0. The quantitative estimate of drug-likeness (QED) is 0.732. The lowest BCUT2D eigenvalue weighted by Crippen LogP contribution is -2.31. The van der Waals surface area contributed by atoms with Crippen molar-refractivity contribution >= 4 is 5.97 Å². The predicted molar refractivity (Wildman–Crippen MR) is 73.1 cm³/mol. The second kappa shape index (κ2) is 6.65. The molecule has 1 rings (SSSR count). The fourth-order valence-electron chi connectivity index (χ4n) is 2.07. The minimum absolute atomic E-state index is 0.143. The first-order valence-electron chi connectivity index (χ1n) is 6.61. The summed E-state index contributed by atoms with van der Waals surface area (Å²) < 4.78 is 6.93. The lowest BCUT2D eigenvalue weighted by atomic mass is 10.0. The lowest BCUT2D eigenvalue weighted by Gasteiger charge is -2.27. The summed E-state index contributed by atoms with van der Waals surface area (Å²) in [5, 5.41) is 7.99. The van der Waals surface area contributed by atoms with Gasteiger partial charge in [0.25, 0.3) is 0 Å². The summed E-state index contributed by atoms with van der Waals surface area (Å²) in [6.45, 7) is 9.06. The molecule has 108 valence electrons.